The van der Waals surface area contributed by atoms with Crippen LogP contribution in [0.5, 0.6) is 0 Å². The maximum absolute atomic E-state index is 4.46. The van der Waals surface area contributed by atoms with Gasteiger partial charge in [0.25, 0.3) is 0 Å². The molecule has 1 N–H and O–H groups in total. The Morgan fingerprint density at radius 2 is 2.25 bits per heavy atom. The average Bonchev–Trinajstić information content (AvgIpc) is 3.08. The summed E-state index contributed by atoms with van der Waals surface area (Å²) in [4.78, 5) is 8.50. The fourth-order valence-electron chi connectivity index (χ4n) is 3.60. The Morgan fingerprint density at radius 3 is 2.96 bits per heavy atom. The number of nitrogens with zero attached hydrogens (tertiary/aromatic N) is 2. The second kappa shape index (κ2) is 8.75. The van der Waals surface area contributed by atoms with Crippen molar-refractivity contribution in [1.82, 2.24) is 15.2 Å². The van der Waals surface area contributed by atoms with E-state index in [9.17, 15) is 0 Å². The molecule has 0 amide bonds. The number of thiophene rings is 1. The summed E-state index contributed by atoms with van der Waals surface area (Å²) in [6.45, 7) is 9.16. The van der Waals surface area contributed by atoms with Gasteiger partial charge in [-0.2, -0.15) is 0 Å². The summed E-state index contributed by atoms with van der Waals surface area (Å²) in [6, 6.07) is 11.2. The Morgan fingerprint density at radius 1 is 1.33 bits per heavy atom. The minimum atomic E-state index is 0.649. The molecule has 1 aliphatic heterocycles. The first-order valence-electron chi connectivity index (χ1n) is 9.08. The van der Waals surface area contributed by atoms with E-state index in [1.807, 2.05) is 23.6 Å². The van der Waals surface area contributed by atoms with E-state index in [4.69, 9.17) is 0 Å². The van der Waals surface area contributed by atoms with Gasteiger partial charge in [-0.05, 0) is 54.8 Å². The molecule has 0 spiro atoms. The van der Waals surface area contributed by atoms with Gasteiger partial charge in [0, 0.05) is 36.8 Å². The summed E-state index contributed by atoms with van der Waals surface area (Å²) in [5.74, 6) is 1.39. The Balaban J connectivity index is 1.40. The van der Waals surface area contributed by atoms with Gasteiger partial charge in [0.05, 0.1) is 5.69 Å². The maximum Gasteiger partial charge on any atom is 0.0543 e. The van der Waals surface area contributed by atoms with E-state index in [0.29, 0.717) is 17.9 Å². The van der Waals surface area contributed by atoms with Gasteiger partial charge >= 0.3 is 0 Å². The zero-order valence-electron chi connectivity index (χ0n) is 14.8. The van der Waals surface area contributed by atoms with Crippen LogP contribution in [0.3, 0.4) is 0 Å². The van der Waals surface area contributed by atoms with Gasteiger partial charge in [0.15, 0.2) is 0 Å². The van der Waals surface area contributed by atoms with E-state index < -0.39 is 0 Å². The average molecular weight is 344 g/mol. The first-order chi connectivity index (χ1) is 11.7. The van der Waals surface area contributed by atoms with Crippen LogP contribution in [0.2, 0.25) is 0 Å². The summed E-state index contributed by atoms with van der Waals surface area (Å²) >= 11 is 1.87. The fourth-order valence-corrected chi connectivity index (χ4v) is 4.47. The largest absolute Gasteiger partial charge is 0.313 e. The van der Waals surface area contributed by atoms with E-state index in [-0.39, 0.29) is 0 Å². The molecule has 0 radical (unpaired) electrons. The Bertz CT molecular complexity index is 584. The molecule has 2 aromatic heterocycles. The molecule has 1 saturated heterocycles. The number of piperidine rings is 1. The van der Waals surface area contributed by atoms with Crippen LogP contribution < -0.4 is 5.32 Å². The highest BCUT2D eigenvalue weighted by atomic mass is 32.1. The lowest BCUT2D eigenvalue weighted by molar-refractivity contribution is 0.137. The van der Waals surface area contributed by atoms with E-state index in [2.05, 4.69) is 58.7 Å². The Labute approximate surface area is 150 Å². The third-order valence-electron chi connectivity index (χ3n) is 4.96. The van der Waals surface area contributed by atoms with Crippen LogP contribution in [0.25, 0.3) is 0 Å². The van der Waals surface area contributed by atoms with Crippen LogP contribution in [0, 0.1) is 11.8 Å². The van der Waals surface area contributed by atoms with Crippen LogP contribution in [0.1, 0.15) is 30.8 Å². The molecule has 2 aromatic rings. The van der Waals surface area contributed by atoms with Crippen molar-refractivity contribution in [2.75, 3.05) is 19.6 Å². The first kappa shape index (κ1) is 17.6. The monoisotopic (exact) mass is 343 g/mol. The Kier molecular flexibility index (Phi) is 6.41. The number of aromatic nitrogens is 1. The van der Waals surface area contributed by atoms with Crippen molar-refractivity contribution >= 4 is 11.3 Å². The van der Waals surface area contributed by atoms with Crippen molar-refractivity contribution < 1.29 is 0 Å². The third-order valence-corrected chi connectivity index (χ3v) is 5.86. The number of pyridine rings is 1. The van der Waals surface area contributed by atoms with E-state index in [1.165, 1.54) is 23.4 Å². The Hall–Kier alpha value is -1.23. The molecule has 1 aliphatic rings. The smallest absolute Gasteiger partial charge is 0.0543 e. The number of hydrogen-bond acceptors (Lipinski definition) is 4. The highest BCUT2D eigenvalue weighted by molar-refractivity contribution is 7.09. The lowest BCUT2D eigenvalue weighted by atomic mass is 9.93. The quantitative estimate of drug-likeness (QED) is 0.828. The summed E-state index contributed by atoms with van der Waals surface area (Å²) in [5.41, 5.74) is 1.18. The molecule has 130 valence electrons. The van der Waals surface area contributed by atoms with Gasteiger partial charge in [0.1, 0.15) is 0 Å². The lowest BCUT2D eigenvalue weighted by Crippen LogP contribution is -2.49. The normalized spacial score (nSPS) is 23.2. The molecule has 3 unspecified atom stereocenters. The highest BCUT2D eigenvalue weighted by Crippen LogP contribution is 2.19. The predicted molar refractivity (Wildman–Crippen MR) is 102 cm³/mol. The van der Waals surface area contributed by atoms with Crippen molar-refractivity contribution in [3.63, 3.8) is 0 Å². The molecule has 3 heterocycles. The van der Waals surface area contributed by atoms with Crippen LogP contribution in [0.15, 0.2) is 41.9 Å². The number of rotatable bonds is 7. The molecular formula is C20H29N3S. The van der Waals surface area contributed by atoms with Crippen LogP contribution >= 0.6 is 11.3 Å². The molecule has 3 atom stereocenters. The highest BCUT2D eigenvalue weighted by Gasteiger charge is 2.26. The lowest BCUT2D eigenvalue weighted by Gasteiger charge is -2.37. The van der Waals surface area contributed by atoms with E-state index in [0.717, 1.165) is 26.2 Å². The summed E-state index contributed by atoms with van der Waals surface area (Å²) in [6.07, 6.45) is 4.32. The van der Waals surface area contributed by atoms with Gasteiger partial charge < -0.3 is 5.32 Å². The standard InChI is InChI=1S/C20H29N3S/c1-16(12-19-7-5-11-24-19)13-22-20-8-10-23(14-17(20)2)15-18-6-3-4-9-21-18/h3-7,9,11,16-17,20,22H,8,10,12-15H2,1-2H3. The molecule has 0 aromatic carbocycles. The minimum absolute atomic E-state index is 0.649. The molecule has 24 heavy (non-hydrogen) atoms. The molecule has 0 bridgehead atoms. The van der Waals surface area contributed by atoms with Crippen molar-refractivity contribution in [1.29, 1.82) is 0 Å². The molecule has 3 nitrogen and oxygen atoms in total. The first-order valence-corrected chi connectivity index (χ1v) is 9.96. The van der Waals surface area contributed by atoms with E-state index >= 15 is 0 Å². The van der Waals surface area contributed by atoms with Crippen LogP contribution in [-0.2, 0) is 13.0 Å². The molecule has 1 fully saturated rings. The second-order valence-corrected chi connectivity index (χ2v) is 8.26. The minimum Gasteiger partial charge on any atom is -0.313 e. The summed E-state index contributed by atoms with van der Waals surface area (Å²) in [5, 5.41) is 6.01. The topological polar surface area (TPSA) is 28.2 Å². The van der Waals surface area contributed by atoms with Gasteiger partial charge in [0.2, 0.25) is 0 Å². The SMILES string of the molecule is CC(CNC1CCN(Cc2ccccn2)CC1C)Cc1cccs1. The number of nitrogens with one attached hydrogen (secondary N) is 1. The second-order valence-electron chi connectivity index (χ2n) is 7.23. The summed E-state index contributed by atoms with van der Waals surface area (Å²) in [7, 11) is 0. The molecular weight excluding hydrogens is 314 g/mol. The van der Waals surface area contributed by atoms with Crippen molar-refractivity contribution in [2.45, 2.75) is 39.3 Å². The molecule has 3 rings (SSSR count). The predicted octanol–water partition coefficient (Wildman–Crippen LogP) is 3.82. The zero-order valence-corrected chi connectivity index (χ0v) is 15.6. The zero-order chi connectivity index (χ0) is 16.8. The summed E-state index contributed by atoms with van der Waals surface area (Å²) < 4.78 is 0. The van der Waals surface area contributed by atoms with Crippen molar-refractivity contribution in [3.8, 4) is 0 Å². The van der Waals surface area contributed by atoms with Gasteiger partial charge in [-0.3, -0.25) is 9.88 Å². The van der Waals surface area contributed by atoms with Gasteiger partial charge in [-0.15, -0.1) is 11.3 Å². The number of hydrogen-bond donors (Lipinski definition) is 1. The molecule has 0 saturated carbocycles. The van der Waals surface area contributed by atoms with E-state index in [1.54, 1.807) is 0 Å². The van der Waals surface area contributed by atoms with Crippen LogP contribution in [0.4, 0.5) is 0 Å². The fraction of sp³-hybridized carbons (Fsp3) is 0.550. The van der Waals surface area contributed by atoms with Crippen molar-refractivity contribution in [2.24, 2.45) is 11.8 Å². The molecule has 4 heteroatoms. The van der Waals surface area contributed by atoms with Gasteiger partial charge in [-0.25, -0.2) is 0 Å². The van der Waals surface area contributed by atoms with Crippen LogP contribution in [-0.4, -0.2) is 35.6 Å². The third kappa shape index (κ3) is 5.13. The van der Waals surface area contributed by atoms with Gasteiger partial charge in [-0.1, -0.05) is 26.0 Å². The molecule has 0 aliphatic carbocycles. The number of likely N-dealkylation sites (tertiary alicyclic amines) is 1. The maximum atomic E-state index is 4.46. The van der Waals surface area contributed by atoms with Crippen molar-refractivity contribution in [3.05, 3.63) is 52.5 Å².